The van der Waals surface area contributed by atoms with Gasteiger partial charge in [-0.1, -0.05) is 24.3 Å². The Kier molecular flexibility index (Phi) is 4.19. The van der Waals surface area contributed by atoms with E-state index in [2.05, 4.69) is 9.46 Å². The van der Waals surface area contributed by atoms with E-state index in [1.807, 2.05) is 24.3 Å². The molecule has 0 saturated carbocycles. The highest BCUT2D eigenvalue weighted by Crippen LogP contribution is 2.32. The van der Waals surface area contributed by atoms with E-state index in [1.54, 1.807) is 0 Å². The number of carbonyl (C=O) groups excluding carboxylic acids is 1. The largest absolute Gasteiger partial charge is 0.465 e. The highest BCUT2D eigenvalue weighted by Gasteiger charge is 2.27. The van der Waals surface area contributed by atoms with Gasteiger partial charge in [0.05, 0.1) is 17.6 Å². The molecule has 1 aliphatic carbocycles. The second-order valence-corrected chi connectivity index (χ2v) is 7.14. The van der Waals surface area contributed by atoms with Gasteiger partial charge in [-0.15, -0.1) is 0 Å². The average Bonchev–Trinajstić information content (AvgIpc) is 2.97. The van der Waals surface area contributed by atoms with Crippen LogP contribution in [0, 0.1) is 0 Å². The van der Waals surface area contributed by atoms with Gasteiger partial charge < -0.3 is 4.74 Å². The summed E-state index contributed by atoms with van der Waals surface area (Å²) in [4.78, 5) is 11.5. The van der Waals surface area contributed by atoms with Crippen molar-refractivity contribution >= 4 is 16.0 Å². The van der Waals surface area contributed by atoms with Crippen molar-refractivity contribution in [2.75, 3.05) is 7.11 Å². The summed E-state index contributed by atoms with van der Waals surface area (Å²) in [6.07, 6.45) is 1.61. The van der Waals surface area contributed by atoms with Crippen LogP contribution in [0.2, 0.25) is 0 Å². The lowest BCUT2D eigenvalue weighted by molar-refractivity contribution is 0.0600. The van der Waals surface area contributed by atoms with Crippen LogP contribution >= 0.6 is 0 Å². The molecule has 0 saturated heterocycles. The van der Waals surface area contributed by atoms with Crippen molar-refractivity contribution in [3.8, 4) is 0 Å². The molecule has 120 valence electrons. The van der Waals surface area contributed by atoms with Gasteiger partial charge in [0.15, 0.2) is 0 Å². The Hall–Kier alpha value is -2.18. The Morgan fingerprint density at radius 3 is 2.52 bits per heavy atom. The maximum Gasteiger partial charge on any atom is 0.337 e. The van der Waals surface area contributed by atoms with Crippen LogP contribution in [0.5, 0.6) is 0 Å². The lowest BCUT2D eigenvalue weighted by Crippen LogP contribution is -2.27. The van der Waals surface area contributed by atoms with Crippen LogP contribution in [-0.2, 0) is 21.2 Å². The van der Waals surface area contributed by atoms with Crippen molar-refractivity contribution in [3.05, 3.63) is 65.2 Å². The monoisotopic (exact) mass is 331 g/mol. The van der Waals surface area contributed by atoms with E-state index in [9.17, 15) is 13.2 Å². The summed E-state index contributed by atoms with van der Waals surface area (Å²) >= 11 is 0. The number of esters is 1. The molecule has 0 aromatic heterocycles. The van der Waals surface area contributed by atoms with Gasteiger partial charge in [0.2, 0.25) is 10.0 Å². The predicted molar refractivity (Wildman–Crippen MR) is 85.6 cm³/mol. The zero-order chi connectivity index (χ0) is 16.4. The molecule has 0 radical (unpaired) electrons. The van der Waals surface area contributed by atoms with Gasteiger partial charge in [-0.25, -0.2) is 17.9 Å². The molecule has 1 aliphatic rings. The smallest absolute Gasteiger partial charge is 0.337 e. The van der Waals surface area contributed by atoms with E-state index >= 15 is 0 Å². The fourth-order valence-electron chi connectivity index (χ4n) is 2.82. The topological polar surface area (TPSA) is 72.5 Å². The van der Waals surface area contributed by atoms with Gasteiger partial charge >= 0.3 is 5.97 Å². The maximum atomic E-state index is 12.5. The molecule has 0 heterocycles. The first kappa shape index (κ1) is 15.7. The summed E-state index contributed by atoms with van der Waals surface area (Å²) < 4.78 is 32.4. The Morgan fingerprint density at radius 1 is 1.13 bits per heavy atom. The molecule has 0 amide bonds. The lowest BCUT2D eigenvalue weighted by Gasteiger charge is -2.14. The van der Waals surface area contributed by atoms with E-state index in [4.69, 9.17) is 0 Å². The van der Waals surface area contributed by atoms with Crippen LogP contribution < -0.4 is 4.72 Å². The van der Waals surface area contributed by atoms with Crippen molar-refractivity contribution in [3.63, 3.8) is 0 Å². The number of ether oxygens (including phenoxy) is 1. The van der Waals surface area contributed by atoms with Crippen molar-refractivity contribution in [1.29, 1.82) is 0 Å². The fraction of sp³-hybridized carbons (Fsp3) is 0.235. The quantitative estimate of drug-likeness (QED) is 0.874. The third kappa shape index (κ3) is 3.13. The number of nitrogens with one attached hydrogen (secondary N) is 1. The molecule has 0 aliphatic heterocycles. The van der Waals surface area contributed by atoms with E-state index in [1.165, 1.54) is 36.9 Å². The molecule has 2 aromatic carbocycles. The Morgan fingerprint density at radius 2 is 1.83 bits per heavy atom. The first-order valence-corrected chi connectivity index (χ1v) is 8.78. The molecule has 5 nitrogen and oxygen atoms in total. The minimum absolute atomic E-state index is 0.134. The van der Waals surface area contributed by atoms with Gasteiger partial charge in [0, 0.05) is 6.04 Å². The minimum atomic E-state index is -3.64. The van der Waals surface area contributed by atoms with E-state index < -0.39 is 16.0 Å². The standard InChI is InChI=1S/C17H17NO4S/c1-22-17(19)13-6-9-14(10-7-13)23(20,21)18-16-11-8-12-4-2-3-5-15(12)16/h2-7,9-10,16,18H,8,11H2,1H3. The highest BCUT2D eigenvalue weighted by atomic mass is 32.2. The Bertz CT molecular complexity index is 828. The average molecular weight is 331 g/mol. The van der Waals surface area contributed by atoms with E-state index in [0.717, 1.165) is 18.4 Å². The second kappa shape index (κ2) is 6.14. The van der Waals surface area contributed by atoms with Crippen molar-refractivity contribution in [2.45, 2.75) is 23.8 Å². The number of fused-ring (bicyclic) bond motifs is 1. The summed E-state index contributed by atoms with van der Waals surface area (Å²) in [6, 6.07) is 13.4. The molecule has 1 atom stereocenters. The highest BCUT2D eigenvalue weighted by molar-refractivity contribution is 7.89. The van der Waals surface area contributed by atoms with Crippen LogP contribution in [0.25, 0.3) is 0 Å². The summed E-state index contributed by atoms with van der Waals surface area (Å²) in [5, 5.41) is 0. The van der Waals surface area contributed by atoms with Crippen molar-refractivity contribution < 1.29 is 17.9 Å². The molecular weight excluding hydrogens is 314 g/mol. The van der Waals surface area contributed by atoms with Crippen molar-refractivity contribution in [1.82, 2.24) is 4.72 Å². The van der Waals surface area contributed by atoms with Gasteiger partial charge in [0.25, 0.3) is 0 Å². The molecule has 1 unspecified atom stereocenters. The number of hydrogen-bond acceptors (Lipinski definition) is 4. The molecule has 3 rings (SSSR count). The van der Waals surface area contributed by atoms with Crippen LogP contribution in [0.1, 0.15) is 33.9 Å². The molecule has 1 N–H and O–H groups in total. The normalized spacial score (nSPS) is 16.8. The first-order valence-electron chi connectivity index (χ1n) is 7.30. The number of benzene rings is 2. The molecule has 0 spiro atoms. The van der Waals surface area contributed by atoms with E-state index in [-0.39, 0.29) is 10.9 Å². The maximum absolute atomic E-state index is 12.5. The second-order valence-electron chi connectivity index (χ2n) is 5.43. The third-order valence-electron chi connectivity index (χ3n) is 4.02. The van der Waals surface area contributed by atoms with Gasteiger partial charge in [0.1, 0.15) is 0 Å². The number of hydrogen-bond donors (Lipinski definition) is 1. The van der Waals surface area contributed by atoms with Crippen LogP contribution in [-0.4, -0.2) is 21.5 Å². The van der Waals surface area contributed by atoms with E-state index in [0.29, 0.717) is 5.56 Å². The number of aryl methyl sites for hydroxylation is 1. The number of methoxy groups -OCH3 is 1. The molecule has 6 heteroatoms. The van der Waals surface area contributed by atoms with Gasteiger partial charge in [-0.2, -0.15) is 0 Å². The summed E-state index contributed by atoms with van der Waals surface area (Å²) in [5.74, 6) is -0.494. The minimum Gasteiger partial charge on any atom is -0.465 e. The lowest BCUT2D eigenvalue weighted by atomic mass is 10.1. The van der Waals surface area contributed by atoms with Crippen LogP contribution in [0.3, 0.4) is 0 Å². The zero-order valence-corrected chi connectivity index (χ0v) is 13.5. The van der Waals surface area contributed by atoms with Crippen molar-refractivity contribution in [2.24, 2.45) is 0 Å². The summed E-state index contributed by atoms with van der Waals surface area (Å²) in [7, 11) is -2.35. The molecule has 2 aromatic rings. The molecule has 0 bridgehead atoms. The zero-order valence-electron chi connectivity index (χ0n) is 12.7. The van der Waals surface area contributed by atoms with Crippen LogP contribution in [0.15, 0.2) is 53.4 Å². The summed E-state index contributed by atoms with van der Waals surface area (Å²) in [6.45, 7) is 0. The fourth-order valence-corrected chi connectivity index (χ4v) is 4.07. The van der Waals surface area contributed by atoms with Gasteiger partial charge in [-0.3, -0.25) is 0 Å². The molecule has 23 heavy (non-hydrogen) atoms. The Balaban J connectivity index is 1.81. The first-order chi connectivity index (χ1) is 11.0. The number of carbonyl (C=O) groups is 1. The van der Waals surface area contributed by atoms with Crippen LogP contribution in [0.4, 0.5) is 0 Å². The third-order valence-corrected chi connectivity index (χ3v) is 5.50. The Labute approximate surface area is 135 Å². The predicted octanol–water partition coefficient (Wildman–Crippen LogP) is 2.44. The number of rotatable bonds is 4. The van der Waals surface area contributed by atoms with Gasteiger partial charge in [-0.05, 0) is 48.2 Å². The molecule has 0 fully saturated rings. The number of sulfonamides is 1. The summed E-state index contributed by atoms with van der Waals surface area (Å²) in [5.41, 5.74) is 2.53. The molecular formula is C17H17NO4S. The SMILES string of the molecule is COC(=O)c1ccc(S(=O)(=O)NC2CCc3ccccc32)cc1.